The van der Waals surface area contributed by atoms with Gasteiger partial charge in [-0.2, -0.15) is 8.78 Å². The van der Waals surface area contributed by atoms with Gasteiger partial charge in [-0.15, -0.1) is 0 Å². The summed E-state index contributed by atoms with van der Waals surface area (Å²) in [5.41, 5.74) is 0.331. The van der Waals surface area contributed by atoms with Crippen LogP contribution in [0.2, 0.25) is 0 Å². The van der Waals surface area contributed by atoms with Crippen LogP contribution in [0.4, 0.5) is 20.5 Å². The Morgan fingerprint density at radius 1 is 1.04 bits per heavy atom. The zero-order chi connectivity index (χ0) is 18.5. The highest BCUT2D eigenvalue weighted by molar-refractivity contribution is 6.58. The number of anilines is 2. The number of alkyl halides is 2. The highest BCUT2D eigenvalue weighted by atomic mass is 19.3. The zero-order valence-electron chi connectivity index (χ0n) is 13.7. The van der Waals surface area contributed by atoms with E-state index >= 15 is 0 Å². The fourth-order valence-corrected chi connectivity index (χ4v) is 2.83. The van der Waals surface area contributed by atoms with E-state index in [1.165, 1.54) is 18.6 Å². The summed E-state index contributed by atoms with van der Waals surface area (Å²) in [4.78, 5) is 12.1. The molecule has 0 amide bonds. The summed E-state index contributed by atoms with van der Waals surface area (Å²) in [6.07, 6.45) is 6.43. The van der Waals surface area contributed by atoms with E-state index in [1.807, 2.05) is 0 Å². The molecule has 138 valence electrons. The summed E-state index contributed by atoms with van der Waals surface area (Å²) in [5, 5.41) is 24.6. The quantitative estimate of drug-likeness (QED) is 0.528. The first-order chi connectivity index (χ1) is 12.5. The Balaban J connectivity index is 1.49. The smallest absolute Gasteiger partial charge is 0.432 e. The van der Waals surface area contributed by atoms with Gasteiger partial charge in [-0.1, -0.05) is 6.07 Å². The van der Waals surface area contributed by atoms with Crippen molar-refractivity contribution in [1.82, 2.24) is 15.0 Å². The first-order valence-corrected chi connectivity index (χ1v) is 8.11. The second-order valence-electron chi connectivity index (χ2n) is 5.97. The van der Waals surface area contributed by atoms with Crippen molar-refractivity contribution in [2.75, 3.05) is 10.6 Å². The van der Waals surface area contributed by atoms with Crippen molar-refractivity contribution in [3.8, 4) is 5.75 Å². The Kier molecular flexibility index (Phi) is 5.79. The number of nitrogens with zero attached hydrogens (tertiary/aromatic N) is 3. The molecule has 1 saturated carbocycles. The second kappa shape index (κ2) is 8.24. The molecule has 0 saturated heterocycles. The SMILES string of the molecule is OB(O)c1ccc(N[C@H]2CC[C@H](Nc3ncc(OC(F)F)cn3)C2)nc1. The molecule has 2 heterocycles. The molecule has 1 fully saturated rings. The first-order valence-electron chi connectivity index (χ1n) is 8.11. The summed E-state index contributed by atoms with van der Waals surface area (Å²) in [5.74, 6) is 0.931. The predicted octanol–water partition coefficient (Wildman–Crippen LogP) is 0.598. The molecule has 8 nitrogen and oxygen atoms in total. The molecule has 4 N–H and O–H groups in total. The van der Waals surface area contributed by atoms with Crippen molar-refractivity contribution >= 4 is 24.3 Å². The van der Waals surface area contributed by atoms with E-state index in [-0.39, 0.29) is 17.8 Å². The standard InChI is InChI=1S/C15H18BF2N5O3/c17-14(18)26-12-7-20-15(21-8-12)23-11-3-2-10(5-11)22-13-4-1-9(6-19-13)16(24)25/h1,4,6-8,10-11,14,24-25H,2-3,5H2,(H,19,22)(H,20,21,23)/t10-,11-/m0/s1. The molecule has 0 bridgehead atoms. The van der Waals surface area contributed by atoms with Crippen LogP contribution in [0.5, 0.6) is 5.75 Å². The number of ether oxygens (including phenoxy) is 1. The van der Waals surface area contributed by atoms with E-state index < -0.39 is 13.7 Å². The van der Waals surface area contributed by atoms with Gasteiger partial charge in [0.15, 0.2) is 5.75 Å². The number of hydrogen-bond acceptors (Lipinski definition) is 8. The third-order valence-corrected chi connectivity index (χ3v) is 4.06. The van der Waals surface area contributed by atoms with Gasteiger partial charge in [0.1, 0.15) is 5.82 Å². The van der Waals surface area contributed by atoms with Crippen molar-refractivity contribution in [3.63, 3.8) is 0 Å². The van der Waals surface area contributed by atoms with Crippen molar-refractivity contribution in [2.45, 2.75) is 38.0 Å². The van der Waals surface area contributed by atoms with Crippen LogP contribution in [0.1, 0.15) is 19.3 Å². The summed E-state index contributed by atoms with van der Waals surface area (Å²) in [6, 6.07) is 3.64. The third kappa shape index (κ3) is 4.99. The molecule has 0 aliphatic heterocycles. The third-order valence-electron chi connectivity index (χ3n) is 4.06. The van der Waals surface area contributed by atoms with Crippen LogP contribution < -0.4 is 20.8 Å². The van der Waals surface area contributed by atoms with Crippen molar-refractivity contribution in [3.05, 3.63) is 30.7 Å². The normalized spacial score (nSPS) is 19.4. The first kappa shape index (κ1) is 18.3. The predicted molar refractivity (Wildman–Crippen MR) is 91.4 cm³/mol. The lowest BCUT2D eigenvalue weighted by atomic mass is 9.82. The molecule has 0 radical (unpaired) electrons. The Labute approximate surface area is 148 Å². The molecule has 11 heteroatoms. The lowest BCUT2D eigenvalue weighted by molar-refractivity contribution is -0.0503. The molecule has 3 rings (SSSR count). The average Bonchev–Trinajstić information content (AvgIpc) is 3.03. The molecule has 0 aromatic carbocycles. The van der Waals surface area contributed by atoms with Gasteiger partial charge >= 0.3 is 13.7 Å². The molecule has 0 spiro atoms. The molecule has 0 unspecified atom stereocenters. The minimum atomic E-state index is -2.90. The van der Waals surface area contributed by atoms with Gasteiger partial charge in [0.2, 0.25) is 5.95 Å². The van der Waals surface area contributed by atoms with E-state index in [0.717, 1.165) is 19.3 Å². The van der Waals surface area contributed by atoms with Gasteiger partial charge in [0.05, 0.1) is 12.4 Å². The lowest BCUT2D eigenvalue weighted by Crippen LogP contribution is -2.30. The molecule has 26 heavy (non-hydrogen) atoms. The zero-order valence-corrected chi connectivity index (χ0v) is 13.7. The van der Waals surface area contributed by atoms with E-state index in [2.05, 4.69) is 30.3 Å². The minimum absolute atomic E-state index is 0.0842. The molecule has 1 aliphatic rings. The summed E-state index contributed by atoms with van der Waals surface area (Å²) < 4.78 is 28.4. The Hall–Kier alpha value is -2.53. The maximum Gasteiger partial charge on any atom is 0.490 e. The monoisotopic (exact) mass is 365 g/mol. The maximum atomic E-state index is 12.1. The van der Waals surface area contributed by atoms with Crippen molar-refractivity contribution in [1.29, 1.82) is 0 Å². The van der Waals surface area contributed by atoms with Crippen molar-refractivity contribution < 1.29 is 23.6 Å². The number of pyridine rings is 1. The van der Waals surface area contributed by atoms with Crippen LogP contribution >= 0.6 is 0 Å². The van der Waals surface area contributed by atoms with Crippen LogP contribution in [0.15, 0.2) is 30.7 Å². The largest absolute Gasteiger partial charge is 0.490 e. The highest BCUT2D eigenvalue weighted by Crippen LogP contribution is 2.24. The molecule has 2 aromatic heterocycles. The number of hydrogen-bond donors (Lipinski definition) is 4. The molecular formula is C15H18BF2N5O3. The molecule has 1 aliphatic carbocycles. The number of aromatic nitrogens is 3. The lowest BCUT2D eigenvalue weighted by Gasteiger charge is -2.15. The molecular weight excluding hydrogens is 347 g/mol. The van der Waals surface area contributed by atoms with E-state index in [0.29, 0.717) is 17.2 Å². The highest BCUT2D eigenvalue weighted by Gasteiger charge is 2.25. The van der Waals surface area contributed by atoms with Gasteiger partial charge in [-0.25, -0.2) is 15.0 Å². The average molecular weight is 365 g/mol. The minimum Gasteiger partial charge on any atom is -0.432 e. The van der Waals surface area contributed by atoms with E-state index in [4.69, 9.17) is 10.0 Å². The van der Waals surface area contributed by atoms with Gasteiger partial charge in [-0.05, 0) is 25.3 Å². The van der Waals surface area contributed by atoms with Crippen LogP contribution in [-0.4, -0.2) is 50.8 Å². The van der Waals surface area contributed by atoms with E-state index in [1.54, 1.807) is 12.1 Å². The number of nitrogens with one attached hydrogen (secondary N) is 2. The van der Waals surface area contributed by atoms with Gasteiger partial charge in [0, 0.05) is 23.7 Å². The summed E-state index contributed by atoms with van der Waals surface area (Å²) in [6.45, 7) is -2.90. The van der Waals surface area contributed by atoms with Crippen LogP contribution in [0.3, 0.4) is 0 Å². The summed E-state index contributed by atoms with van der Waals surface area (Å²) >= 11 is 0. The maximum absolute atomic E-state index is 12.1. The fraction of sp³-hybridized carbons (Fsp3) is 0.400. The van der Waals surface area contributed by atoms with Crippen molar-refractivity contribution in [2.24, 2.45) is 0 Å². The van der Waals surface area contributed by atoms with Gasteiger partial charge in [-0.3, -0.25) is 0 Å². The second-order valence-corrected chi connectivity index (χ2v) is 5.97. The number of rotatable bonds is 7. The van der Waals surface area contributed by atoms with Gasteiger partial charge in [0.25, 0.3) is 0 Å². The Morgan fingerprint density at radius 3 is 2.31 bits per heavy atom. The fourth-order valence-electron chi connectivity index (χ4n) is 2.83. The van der Waals surface area contributed by atoms with Crippen LogP contribution in [-0.2, 0) is 0 Å². The number of halogens is 2. The Bertz CT molecular complexity index is 705. The van der Waals surface area contributed by atoms with Crippen LogP contribution in [0, 0.1) is 0 Å². The van der Waals surface area contributed by atoms with Crippen LogP contribution in [0.25, 0.3) is 0 Å². The molecule has 2 aromatic rings. The topological polar surface area (TPSA) is 112 Å². The molecule has 2 atom stereocenters. The summed E-state index contributed by atoms with van der Waals surface area (Å²) in [7, 11) is -1.53. The van der Waals surface area contributed by atoms with E-state index in [9.17, 15) is 8.78 Å². The Morgan fingerprint density at radius 2 is 1.73 bits per heavy atom. The van der Waals surface area contributed by atoms with Gasteiger partial charge < -0.3 is 25.4 Å².